The largest absolute Gasteiger partial charge is 0.451 e. The van der Waals surface area contributed by atoms with Crippen molar-refractivity contribution in [3.63, 3.8) is 0 Å². The van der Waals surface area contributed by atoms with Gasteiger partial charge in [0.05, 0.1) is 13.1 Å². The normalized spacial score (nSPS) is 23.2. The summed E-state index contributed by atoms with van der Waals surface area (Å²) in [5.41, 5.74) is 3.00. The number of esters is 4. The fraction of sp³-hybridized carbons (Fsp3) is 0.567. The van der Waals surface area contributed by atoms with Crippen LogP contribution in [0.3, 0.4) is 0 Å². The molecule has 20 nitrogen and oxygen atoms in total. The monoisotopic (exact) mass is 1110 g/mol. The molecule has 1 saturated heterocycles. The first-order valence-corrected chi connectivity index (χ1v) is 27.7. The van der Waals surface area contributed by atoms with Gasteiger partial charge in [-0.1, -0.05) is 104 Å². The second-order valence-corrected chi connectivity index (χ2v) is 22.8. The van der Waals surface area contributed by atoms with E-state index in [1.165, 1.54) is 42.0 Å². The number of rotatable bonds is 16. The second kappa shape index (κ2) is 29.2. The van der Waals surface area contributed by atoms with Gasteiger partial charge in [0.1, 0.15) is 24.2 Å². The van der Waals surface area contributed by atoms with Gasteiger partial charge in [-0.05, 0) is 97.6 Å². The number of likely N-dealkylation sites (N-methyl/N-ethyl adjacent to an activating group) is 4. The zero-order chi connectivity index (χ0) is 59.1. The summed E-state index contributed by atoms with van der Waals surface area (Å²) >= 11 is 0. The molecule has 0 radical (unpaired) electrons. The molecule has 1 aliphatic rings. The summed E-state index contributed by atoms with van der Waals surface area (Å²) in [5, 5.41) is 8.58. The molecular formula is C60H84N8O12. The van der Waals surface area contributed by atoms with Gasteiger partial charge in [-0.2, -0.15) is 10.2 Å². The first kappa shape index (κ1) is 63.5. The van der Waals surface area contributed by atoms with Crippen LogP contribution in [0.15, 0.2) is 85.5 Å². The van der Waals surface area contributed by atoms with Gasteiger partial charge in [0, 0.05) is 65.8 Å². The molecule has 1 fully saturated rings. The third kappa shape index (κ3) is 17.8. The summed E-state index contributed by atoms with van der Waals surface area (Å²) < 4.78 is 27.7. The molecule has 2 aromatic heterocycles. The lowest BCUT2D eigenvalue weighted by Gasteiger charge is -2.35. The molecule has 2 aromatic carbocycles. The predicted octanol–water partition coefficient (Wildman–Crippen LogP) is 6.15. The van der Waals surface area contributed by atoms with Crippen LogP contribution >= 0.6 is 0 Å². The van der Waals surface area contributed by atoms with Crippen molar-refractivity contribution in [2.24, 2.45) is 23.7 Å². The number of carbonyl (C=O) groups is 8. The molecule has 20 heteroatoms. The van der Waals surface area contributed by atoms with Crippen molar-refractivity contribution in [1.82, 2.24) is 39.2 Å². The minimum Gasteiger partial charge on any atom is -0.451 e. The number of carbonyl (C=O) groups excluding carboxylic acids is 8. The molecule has 4 aromatic rings. The van der Waals surface area contributed by atoms with Crippen molar-refractivity contribution in [2.45, 2.75) is 169 Å². The number of aromatic nitrogens is 4. The molecule has 5 rings (SSSR count). The van der Waals surface area contributed by atoms with Crippen molar-refractivity contribution in [2.75, 3.05) is 28.2 Å². The quantitative estimate of drug-likeness (QED) is 0.0907. The maximum atomic E-state index is 15.0. The molecule has 0 bridgehead atoms. The number of ether oxygens (including phenoxy) is 4. The van der Waals surface area contributed by atoms with Crippen LogP contribution in [-0.4, -0.2) is 163 Å². The van der Waals surface area contributed by atoms with E-state index in [1.54, 1.807) is 46.0 Å². The van der Waals surface area contributed by atoms with E-state index in [4.69, 9.17) is 18.9 Å². The van der Waals surface area contributed by atoms with Gasteiger partial charge >= 0.3 is 23.9 Å². The summed E-state index contributed by atoms with van der Waals surface area (Å²) in [6.07, 6.45) is 1.01. The van der Waals surface area contributed by atoms with E-state index in [0.29, 0.717) is 24.2 Å². The number of benzene rings is 2. The van der Waals surface area contributed by atoms with Gasteiger partial charge in [-0.3, -0.25) is 28.5 Å². The van der Waals surface area contributed by atoms with Gasteiger partial charge < -0.3 is 38.5 Å². The molecule has 8 atom stereocenters. The maximum Gasteiger partial charge on any atom is 0.329 e. The molecular weight excluding hydrogens is 1020 g/mol. The van der Waals surface area contributed by atoms with Crippen molar-refractivity contribution < 1.29 is 57.3 Å². The van der Waals surface area contributed by atoms with E-state index in [9.17, 15) is 33.6 Å². The zero-order valence-electron chi connectivity index (χ0n) is 49.1. The van der Waals surface area contributed by atoms with Gasteiger partial charge in [-0.15, -0.1) is 0 Å². The minimum absolute atomic E-state index is 0.0823. The van der Waals surface area contributed by atoms with Crippen LogP contribution in [0.2, 0.25) is 0 Å². The van der Waals surface area contributed by atoms with E-state index in [-0.39, 0.29) is 62.2 Å². The fourth-order valence-corrected chi connectivity index (χ4v) is 9.71. The highest BCUT2D eigenvalue weighted by Crippen LogP contribution is 2.25. The van der Waals surface area contributed by atoms with Crippen LogP contribution in [0.25, 0.3) is 0 Å². The van der Waals surface area contributed by atoms with Crippen LogP contribution in [0.4, 0.5) is 0 Å². The van der Waals surface area contributed by atoms with Crippen molar-refractivity contribution in [3.05, 3.63) is 108 Å². The predicted molar refractivity (Wildman–Crippen MR) is 298 cm³/mol. The van der Waals surface area contributed by atoms with Crippen LogP contribution in [0.5, 0.6) is 0 Å². The van der Waals surface area contributed by atoms with Crippen LogP contribution in [-0.2, 0) is 83.2 Å². The summed E-state index contributed by atoms with van der Waals surface area (Å²) in [4.78, 5) is 122. The Bertz CT molecular complexity index is 2690. The van der Waals surface area contributed by atoms with Crippen molar-refractivity contribution >= 4 is 47.5 Å². The topological polar surface area (TPSA) is 222 Å². The Labute approximate surface area is 471 Å². The van der Waals surface area contributed by atoms with E-state index >= 15 is 4.79 Å². The second-order valence-electron chi connectivity index (χ2n) is 22.8. The molecule has 0 aliphatic carbocycles. The van der Waals surface area contributed by atoms with Gasteiger partial charge in [-0.25, -0.2) is 19.2 Å². The highest BCUT2D eigenvalue weighted by atomic mass is 16.6. The summed E-state index contributed by atoms with van der Waals surface area (Å²) in [7, 11) is 5.57. The highest BCUT2D eigenvalue weighted by Gasteiger charge is 2.43. The van der Waals surface area contributed by atoms with E-state index in [1.807, 2.05) is 104 Å². The lowest BCUT2D eigenvalue weighted by molar-refractivity contribution is -0.176. The Morgan fingerprint density at radius 1 is 0.412 bits per heavy atom. The Morgan fingerprint density at radius 3 is 1.10 bits per heavy atom. The lowest BCUT2D eigenvalue weighted by Crippen LogP contribution is -2.55. The third-order valence-electron chi connectivity index (χ3n) is 14.1. The van der Waals surface area contributed by atoms with Crippen molar-refractivity contribution in [1.29, 1.82) is 0 Å². The lowest BCUT2D eigenvalue weighted by atomic mass is 9.99. The summed E-state index contributed by atoms with van der Waals surface area (Å²) in [6, 6.07) is 13.2. The smallest absolute Gasteiger partial charge is 0.329 e. The molecule has 80 heavy (non-hydrogen) atoms. The van der Waals surface area contributed by atoms with Crippen molar-refractivity contribution in [3.8, 4) is 0 Å². The third-order valence-corrected chi connectivity index (χ3v) is 14.1. The average molecular weight is 1110 g/mol. The van der Waals surface area contributed by atoms with Crippen LogP contribution in [0, 0.1) is 23.7 Å². The number of nitrogens with zero attached hydrogens (tertiary/aromatic N) is 8. The van der Waals surface area contributed by atoms with Gasteiger partial charge in [0.2, 0.25) is 0 Å². The highest BCUT2D eigenvalue weighted by molar-refractivity contribution is 5.94. The van der Waals surface area contributed by atoms with Crippen LogP contribution in [0.1, 0.15) is 117 Å². The van der Waals surface area contributed by atoms with Crippen LogP contribution < -0.4 is 0 Å². The van der Waals surface area contributed by atoms with Gasteiger partial charge in [0.15, 0.2) is 24.4 Å². The fourth-order valence-electron chi connectivity index (χ4n) is 9.71. The molecule has 4 amide bonds. The molecule has 0 saturated carbocycles. The van der Waals surface area contributed by atoms with E-state index in [0.717, 1.165) is 30.7 Å². The first-order valence-electron chi connectivity index (χ1n) is 27.7. The average Bonchev–Trinajstić information content (AvgIpc) is 4.16. The number of hydrogen-bond acceptors (Lipinski definition) is 14. The summed E-state index contributed by atoms with van der Waals surface area (Å²) in [6.45, 7) is 18.4. The molecule has 3 heterocycles. The Hall–Kier alpha value is -7.38. The first-order chi connectivity index (χ1) is 37.7. The number of amides is 4. The Kier molecular flexibility index (Phi) is 23.2. The zero-order valence-corrected chi connectivity index (χ0v) is 49.1. The SMILES string of the molecule is CC(C)CC1C(=O)O[C@H](Cc2cccc(Cn3cccn3)c2)C(=O)N(C)[C@@H](CC(C)C)C(=O)O[C@H](C)C(=O)N(C)[C@@H](CC(C)C)C(=O)O[C@H](Cc2ccc(Cn3cccn3)cc2)C(=O)N(C)[C@@H](CC(C)C)C(=O)O[C@H](C)C(=O)N1C. The molecule has 436 valence electrons. The summed E-state index contributed by atoms with van der Waals surface area (Å²) in [5.74, 6) is -7.42. The van der Waals surface area contributed by atoms with Gasteiger partial charge in [0.25, 0.3) is 23.6 Å². The Balaban J connectivity index is 1.60. The Morgan fingerprint density at radius 2 is 0.738 bits per heavy atom. The molecule has 1 aliphatic heterocycles. The standard InChI is InChI=1S/C60H84N8O12/c1-37(2)28-47-57(73)77-42(10)54(70)64(12)50(31-40(7)8)60(76)80-52(34-45-18-15-19-46(32-45)36-68-27-17-25-62-68)56(72)66(14)48(29-38(3)4)58(74)78-41(9)53(69)63(11)49(30-39(5)6)59(75)79-51(55(71)65(47)13)33-43-20-22-44(23-21-43)35-67-26-16-24-61-67/h15-27,32,37-42,47-52H,28-31,33-36H2,1-14H3/t41-,42-,47+,48+,49+,50?,51-,52-/m1/s1. The molecule has 1 unspecified atom stereocenters. The minimum atomic E-state index is -1.54. The molecule has 0 spiro atoms. The number of hydrogen-bond donors (Lipinski definition) is 0. The maximum absolute atomic E-state index is 15.0. The molecule has 0 N–H and O–H groups in total. The number of cyclic esters (lactones) is 4. The van der Waals surface area contributed by atoms with E-state index < -0.39 is 96.1 Å². The van der Waals surface area contributed by atoms with E-state index in [2.05, 4.69) is 10.2 Å².